The van der Waals surface area contributed by atoms with Gasteiger partial charge in [-0.05, 0) is 29.8 Å². The molecule has 2 aromatic carbocycles. The molecule has 0 radical (unpaired) electrons. The summed E-state index contributed by atoms with van der Waals surface area (Å²) in [6.45, 7) is 1.22. The number of halogens is 1. The van der Waals surface area contributed by atoms with Crippen LogP contribution < -0.4 is 26.0 Å². The number of aryl methyl sites for hydroxylation is 1. The molecule has 200 valence electrons. The van der Waals surface area contributed by atoms with Crippen LogP contribution in [0, 0.1) is 0 Å². The van der Waals surface area contributed by atoms with Gasteiger partial charge in [-0.3, -0.25) is 23.3 Å². The van der Waals surface area contributed by atoms with Crippen molar-refractivity contribution in [3.05, 3.63) is 73.9 Å². The van der Waals surface area contributed by atoms with Crippen LogP contribution in [-0.4, -0.2) is 53.2 Å². The fraction of sp³-hybridized carbons (Fsp3) is 0.240. The second-order valence-electron chi connectivity index (χ2n) is 8.90. The van der Waals surface area contributed by atoms with Gasteiger partial charge in [-0.15, -0.1) is 10.2 Å². The highest BCUT2D eigenvalue weighted by Crippen LogP contribution is 2.33. The number of ether oxygens (including phenoxy) is 2. The molecule has 0 aliphatic carbocycles. The van der Waals surface area contributed by atoms with Crippen molar-refractivity contribution < 1.29 is 14.3 Å². The van der Waals surface area contributed by atoms with E-state index in [0.29, 0.717) is 64.1 Å². The van der Waals surface area contributed by atoms with Gasteiger partial charge in [0.1, 0.15) is 13.2 Å². The van der Waals surface area contributed by atoms with E-state index in [9.17, 15) is 14.4 Å². The smallest absolute Gasteiger partial charge is 0.332 e. The van der Waals surface area contributed by atoms with Gasteiger partial charge in [0.15, 0.2) is 27.8 Å². The molecule has 0 bridgehead atoms. The van der Waals surface area contributed by atoms with Gasteiger partial charge in [0.25, 0.3) is 5.56 Å². The van der Waals surface area contributed by atoms with Gasteiger partial charge in [-0.25, -0.2) is 9.20 Å². The Hall–Kier alpha value is -4.23. The Bertz CT molecular complexity index is 1870. The second kappa shape index (κ2) is 9.82. The van der Waals surface area contributed by atoms with E-state index in [2.05, 4.69) is 15.5 Å². The molecule has 1 N–H and O–H groups in total. The molecule has 1 aliphatic heterocycles. The van der Waals surface area contributed by atoms with E-state index < -0.39 is 11.2 Å². The van der Waals surface area contributed by atoms with Crippen LogP contribution in [0.15, 0.2) is 57.2 Å². The summed E-state index contributed by atoms with van der Waals surface area (Å²) in [5.74, 6) is 1.31. The molecule has 3 aromatic heterocycles. The molecule has 0 saturated carbocycles. The molecule has 14 heteroatoms. The van der Waals surface area contributed by atoms with Crippen molar-refractivity contribution in [2.24, 2.45) is 14.1 Å². The molecule has 0 atom stereocenters. The Morgan fingerprint density at radius 3 is 2.54 bits per heavy atom. The molecule has 0 saturated heterocycles. The van der Waals surface area contributed by atoms with Gasteiger partial charge in [0, 0.05) is 30.9 Å². The van der Waals surface area contributed by atoms with E-state index in [4.69, 9.17) is 21.1 Å². The lowest BCUT2D eigenvalue weighted by molar-refractivity contribution is -0.113. The number of benzene rings is 2. The molecular formula is C25H22ClN7O5S. The fourth-order valence-corrected chi connectivity index (χ4v) is 5.35. The van der Waals surface area contributed by atoms with E-state index >= 15 is 0 Å². The number of nitrogens with zero attached hydrogens (tertiary/aromatic N) is 6. The molecule has 0 spiro atoms. The lowest BCUT2D eigenvalue weighted by atomic mass is 10.2. The first-order valence-electron chi connectivity index (χ1n) is 11.9. The second-order valence-corrected chi connectivity index (χ2v) is 10.3. The number of amides is 1. The number of anilines is 1. The zero-order chi connectivity index (χ0) is 27.3. The number of aromatic nitrogens is 6. The van der Waals surface area contributed by atoms with E-state index in [-0.39, 0.29) is 11.7 Å². The number of rotatable bonds is 6. The summed E-state index contributed by atoms with van der Waals surface area (Å²) in [6.07, 6.45) is 0. The lowest BCUT2D eigenvalue weighted by Crippen LogP contribution is -2.37. The fourth-order valence-electron chi connectivity index (χ4n) is 4.49. The summed E-state index contributed by atoms with van der Waals surface area (Å²) in [5, 5.41) is 12.4. The Morgan fingerprint density at radius 2 is 1.77 bits per heavy atom. The SMILES string of the molecule is Cn1c(=O)c2c(n(C)c1=O)n1c(SCC(=O)Nc3ccc4c(c3)OCCO4)nnc1n2Cc1ccc(Cl)cc1. The van der Waals surface area contributed by atoms with Crippen LogP contribution in [0.3, 0.4) is 0 Å². The van der Waals surface area contributed by atoms with Gasteiger partial charge in [-0.2, -0.15) is 0 Å². The predicted octanol–water partition coefficient (Wildman–Crippen LogP) is 2.29. The summed E-state index contributed by atoms with van der Waals surface area (Å²) in [6, 6.07) is 12.4. The summed E-state index contributed by atoms with van der Waals surface area (Å²) in [5.41, 5.74) is 1.14. The van der Waals surface area contributed by atoms with Crippen LogP contribution in [0.5, 0.6) is 11.5 Å². The molecule has 12 nitrogen and oxygen atoms in total. The van der Waals surface area contributed by atoms with Crippen LogP contribution in [0.2, 0.25) is 5.02 Å². The molecule has 1 amide bonds. The molecular weight excluding hydrogens is 546 g/mol. The molecule has 39 heavy (non-hydrogen) atoms. The maximum Gasteiger partial charge on any atom is 0.332 e. The Morgan fingerprint density at radius 1 is 1.03 bits per heavy atom. The predicted molar refractivity (Wildman–Crippen MR) is 146 cm³/mol. The number of hydrogen-bond acceptors (Lipinski definition) is 8. The van der Waals surface area contributed by atoms with Gasteiger partial charge in [0.2, 0.25) is 11.7 Å². The van der Waals surface area contributed by atoms with Crippen molar-refractivity contribution in [3.8, 4) is 11.5 Å². The zero-order valence-corrected chi connectivity index (χ0v) is 22.5. The maximum absolute atomic E-state index is 13.3. The summed E-state index contributed by atoms with van der Waals surface area (Å²) >= 11 is 7.18. The van der Waals surface area contributed by atoms with E-state index in [1.54, 1.807) is 46.3 Å². The molecule has 0 unspecified atom stereocenters. The highest BCUT2D eigenvalue weighted by Gasteiger charge is 2.24. The third kappa shape index (κ3) is 4.42. The third-order valence-electron chi connectivity index (χ3n) is 6.36. The first-order chi connectivity index (χ1) is 18.8. The summed E-state index contributed by atoms with van der Waals surface area (Å²) in [4.78, 5) is 38.9. The zero-order valence-electron chi connectivity index (χ0n) is 20.9. The van der Waals surface area contributed by atoms with Gasteiger partial charge < -0.3 is 14.8 Å². The van der Waals surface area contributed by atoms with Crippen molar-refractivity contribution >= 4 is 51.9 Å². The number of hydrogen-bond donors (Lipinski definition) is 1. The normalized spacial score (nSPS) is 12.8. The molecule has 6 rings (SSSR count). The number of carbonyl (C=O) groups is 1. The standard InChI is InChI=1S/C25H22ClN7O5S/c1-30-21-20(22(35)31(2)25(30)36)32(12-14-3-5-15(26)6-4-14)23-28-29-24(33(21)23)39-13-19(34)27-16-7-8-17-18(11-16)38-10-9-37-17/h3-8,11H,9-10,12-13H2,1-2H3,(H,27,34). The minimum atomic E-state index is -0.487. The highest BCUT2D eigenvalue weighted by atomic mass is 35.5. The number of nitrogens with one attached hydrogen (secondary N) is 1. The van der Waals surface area contributed by atoms with Crippen molar-refractivity contribution in [3.63, 3.8) is 0 Å². The number of imidazole rings is 1. The van der Waals surface area contributed by atoms with E-state index in [0.717, 1.165) is 21.9 Å². The van der Waals surface area contributed by atoms with E-state index in [1.807, 2.05) is 12.1 Å². The summed E-state index contributed by atoms with van der Waals surface area (Å²) < 4.78 is 16.9. The highest BCUT2D eigenvalue weighted by molar-refractivity contribution is 7.99. The molecule has 5 aromatic rings. The maximum atomic E-state index is 13.3. The Labute approximate surface area is 229 Å². The van der Waals surface area contributed by atoms with Crippen molar-refractivity contribution in [2.45, 2.75) is 11.7 Å². The third-order valence-corrected chi connectivity index (χ3v) is 7.54. The number of carbonyl (C=O) groups excluding carboxylic acids is 1. The van der Waals surface area contributed by atoms with E-state index in [1.165, 1.54) is 11.6 Å². The van der Waals surface area contributed by atoms with Gasteiger partial charge >= 0.3 is 5.69 Å². The monoisotopic (exact) mass is 567 g/mol. The quantitative estimate of drug-likeness (QED) is 0.310. The number of thioether (sulfide) groups is 1. The molecule has 4 heterocycles. The lowest BCUT2D eigenvalue weighted by Gasteiger charge is -2.18. The van der Waals surface area contributed by atoms with Gasteiger partial charge in [-0.1, -0.05) is 35.5 Å². The van der Waals surface area contributed by atoms with Crippen molar-refractivity contribution in [1.82, 2.24) is 28.3 Å². The largest absolute Gasteiger partial charge is 0.486 e. The molecule has 0 fully saturated rings. The molecule has 1 aliphatic rings. The van der Waals surface area contributed by atoms with Crippen LogP contribution >= 0.6 is 23.4 Å². The van der Waals surface area contributed by atoms with Crippen LogP contribution in [-0.2, 0) is 25.4 Å². The van der Waals surface area contributed by atoms with Crippen LogP contribution in [0.1, 0.15) is 5.56 Å². The first kappa shape index (κ1) is 25.1. The number of fused-ring (bicyclic) bond motifs is 4. The summed E-state index contributed by atoms with van der Waals surface area (Å²) in [7, 11) is 3.02. The average Bonchev–Trinajstić information content (AvgIpc) is 3.49. The topological polar surface area (TPSA) is 127 Å². The van der Waals surface area contributed by atoms with Crippen LogP contribution in [0.25, 0.3) is 16.9 Å². The van der Waals surface area contributed by atoms with Gasteiger partial charge in [0.05, 0.1) is 12.3 Å². The van der Waals surface area contributed by atoms with Crippen molar-refractivity contribution in [1.29, 1.82) is 0 Å². The average molecular weight is 568 g/mol. The minimum Gasteiger partial charge on any atom is -0.486 e. The first-order valence-corrected chi connectivity index (χ1v) is 13.3. The Kier molecular flexibility index (Phi) is 6.31. The Balaban J connectivity index is 1.35. The van der Waals surface area contributed by atoms with Crippen LogP contribution in [0.4, 0.5) is 5.69 Å². The van der Waals surface area contributed by atoms with Crippen molar-refractivity contribution in [2.75, 3.05) is 24.3 Å². The minimum absolute atomic E-state index is 0.0118.